The van der Waals surface area contributed by atoms with Crippen LogP contribution in [-0.4, -0.2) is 12.5 Å². The van der Waals surface area contributed by atoms with Crippen molar-refractivity contribution < 1.29 is 8.78 Å². The Morgan fingerprint density at radius 1 is 1.35 bits per heavy atom. The van der Waals surface area contributed by atoms with E-state index in [1.54, 1.807) is 0 Å². The largest absolute Gasteiger partial charge is 0.325 e. The molecule has 6 heteroatoms. The van der Waals surface area contributed by atoms with Gasteiger partial charge < -0.3 is 5.32 Å². The molecule has 0 saturated heterocycles. The average Bonchev–Trinajstić information content (AvgIpc) is 2.28. The summed E-state index contributed by atoms with van der Waals surface area (Å²) in [7, 11) is 0. The fourth-order valence-electron chi connectivity index (χ4n) is 1.11. The zero-order valence-corrected chi connectivity index (χ0v) is 9.80. The topological polar surface area (TPSA) is 62.4 Å². The number of hydrazine groups is 1. The number of anilines is 1. The van der Waals surface area contributed by atoms with Gasteiger partial charge in [0.25, 0.3) is 0 Å². The standard InChI is InChI=1S/C11H16F2N4/c1-7(2)6-15-11(17-14)16-8-3-4-9(12)10(13)5-8/h3-5,7H,6,14H2,1-2H3,(H2,15,16,17). The third-order valence-electron chi connectivity index (χ3n) is 1.93. The average molecular weight is 242 g/mol. The van der Waals surface area contributed by atoms with Crippen molar-refractivity contribution in [2.24, 2.45) is 16.8 Å². The predicted octanol–water partition coefficient (Wildman–Crippen LogP) is 1.85. The lowest BCUT2D eigenvalue weighted by atomic mass is 10.2. The zero-order valence-electron chi connectivity index (χ0n) is 9.80. The van der Waals surface area contributed by atoms with Gasteiger partial charge in [-0.2, -0.15) is 0 Å². The van der Waals surface area contributed by atoms with Gasteiger partial charge in [-0.1, -0.05) is 13.8 Å². The van der Waals surface area contributed by atoms with Crippen molar-refractivity contribution in [1.29, 1.82) is 0 Å². The molecule has 0 radical (unpaired) electrons. The van der Waals surface area contributed by atoms with Gasteiger partial charge in [0.05, 0.1) is 0 Å². The van der Waals surface area contributed by atoms with Crippen LogP contribution in [0.5, 0.6) is 0 Å². The molecule has 0 aliphatic rings. The molecule has 0 aromatic heterocycles. The lowest BCUT2D eigenvalue weighted by molar-refractivity contribution is 0.509. The maximum atomic E-state index is 12.9. The summed E-state index contributed by atoms with van der Waals surface area (Å²) in [5.74, 6) is 4.14. The van der Waals surface area contributed by atoms with Gasteiger partial charge >= 0.3 is 0 Å². The molecule has 0 saturated carbocycles. The summed E-state index contributed by atoms with van der Waals surface area (Å²) in [6.45, 7) is 4.60. The molecule has 0 atom stereocenters. The van der Waals surface area contributed by atoms with E-state index in [1.807, 2.05) is 13.8 Å². The minimum Gasteiger partial charge on any atom is -0.325 e. The van der Waals surface area contributed by atoms with Crippen molar-refractivity contribution in [1.82, 2.24) is 5.43 Å². The van der Waals surface area contributed by atoms with Crippen LogP contribution in [0.3, 0.4) is 0 Å². The van der Waals surface area contributed by atoms with Gasteiger partial charge in [-0.15, -0.1) is 0 Å². The van der Waals surface area contributed by atoms with Gasteiger partial charge in [-0.05, 0) is 18.1 Å². The van der Waals surface area contributed by atoms with E-state index in [2.05, 4.69) is 15.7 Å². The highest BCUT2D eigenvalue weighted by Crippen LogP contribution is 2.12. The molecule has 0 heterocycles. The van der Waals surface area contributed by atoms with Gasteiger partial charge in [-0.3, -0.25) is 10.4 Å². The summed E-state index contributed by atoms with van der Waals surface area (Å²) in [4.78, 5) is 4.14. The molecule has 0 fully saturated rings. The Morgan fingerprint density at radius 3 is 2.59 bits per heavy atom. The van der Waals surface area contributed by atoms with Crippen LogP contribution in [0.2, 0.25) is 0 Å². The van der Waals surface area contributed by atoms with Crippen LogP contribution >= 0.6 is 0 Å². The number of hydrogen-bond acceptors (Lipinski definition) is 2. The molecule has 1 aromatic carbocycles. The number of nitrogens with zero attached hydrogens (tertiary/aromatic N) is 1. The lowest BCUT2D eigenvalue weighted by Crippen LogP contribution is -2.36. The van der Waals surface area contributed by atoms with E-state index in [1.165, 1.54) is 6.07 Å². The van der Waals surface area contributed by atoms with E-state index in [9.17, 15) is 8.78 Å². The van der Waals surface area contributed by atoms with Crippen molar-refractivity contribution in [3.8, 4) is 0 Å². The third kappa shape index (κ3) is 4.36. The normalized spacial score (nSPS) is 11.8. The van der Waals surface area contributed by atoms with E-state index in [0.29, 0.717) is 24.1 Å². The van der Waals surface area contributed by atoms with Crippen LogP contribution in [-0.2, 0) is 0 Å². The molecule has 0 aliphatic heterocycles. The number of hydrogen-bond donors (Lipinski definition) is 3. The van der Waals surface area contributed by atoms with Gasteiger partial charge in [0, 0.05) is 18.3 Å². The molecule has 0 unspecified atom stereocenters. The maximum absolute atomic E-state index is 12.9. The molecule has 94 valence electrons. The Balaban J connectivity index is 2.73. The second-order valence-corrected chi connectivity index (χ2v) is 3.98. The first kappa shape index (κ1) is 13.4. The summed E-state index contributed by atoms with van der Waals surface area (Å²) >= 11 is 0. The van der Waals surface area contributed by atoms with Crippen molar-refractivity contribution in [3.63, 3.8) is 0 Å². The van der Waals surface area contributed by atoms with Gasteiger partial charge in [-0.25, -0.2) is 14.6 Å². The van der Waals surface area contributed by atoms with Crippen LogP contribution in [0.15, 0.2) is 23.2 Å². The number of benzene rings is 1. The van der Waals surface area contributed by atoms with Crippen molar-refractivity contribution >= 4 is 11.6 Å². The molecular weight excluding hydrogens is 226 g/mol. The summed E-state index contributed by atoms with van der Waals surface area (Å²) in [5.41, 5.74) is 2.74. The number of aliphatic imine (C=N–C) groups is 1. The van der Waals surface area contributed by atoms with Crippen molar-refractivity contribution in [3.05, 3.63) is 29.8 Å². The molecule has 0 amide bonds. The molecule has 0 spiro atoms. The summed E-state index contributed by atoms with van der Waals surface area (Å²) < 4.78 is 25.6. The smallest absolute Gasteiger partial charge is 0.210 e. The maximum Gasteiger partial charge on any atom is 0.210 e. The number of nitrogens with one attached hydrogen (secondary N) is 2. The molecule has 1 aromatic rings. The highest BCUT2D eigenvalue weighted by Gasteiger charge is 2.04. The van der Waals surface area contributed by atoms with Crippen LogP contribution < -0.4 is 16.6 Å². The monoisotopic (exact) mass is 242 g/mol. The van der Waals surface area contributed by atoms with Crippen LogP contribution in [0, 0.1) is 17.6 Å². The van der Waals surface area contributed by atoms with Crippen LogP contribution in [0.1, 0.15) is 13.8 Å². The van der Waals surface area contributed by atoms with Gasteiger partial charge in [0.2, 0.25) is 5.96 Å². The number of guanidine groups is 1. The minimum atomic E-state index is -0.921. The first-order valence-electron chi connectivity index (χ1n) is 5.26. The zero-order chi connectivity index (χ0) is 12.8. The first-order valence-corrected chi connectivity index (χ1v) is 5.26. The number of halogens is 2. The highest BCUT2D eigenvalue weighted by atomic mass is 19.2. The fourth-order valence-corrected chi connectivity index (χ4v) is 1.11. The Labute approximate surface area is 98.9 Å². The SMILES string of the molecule is CC(C)CN=C(NN)Nc1ccc(F)c(F)c1. The minimum absolute atomic E-state index is 0.310. The van der Waals surface area contributed by atoms with Crippen molar-refractivity contribution in [2.45, 2.75) is 13.8 Å². The lowest BCUT2D eigenvalue weighted by Gasteiger charge is -2.10. The van der Waals surface area contributed by atoms with Crippen molar-refractivity contribution in [2.75, 3.05) is 11.9 Å². The van der Waals surface area contributed by atoms with E-state index < -0.39 is 11.6 Å². The Kier molecular flexibility index (Phi) is 4.84. The summed E-state index contributed by atoms with van der Waals surface area (Å²) in [5, 5.41) is 2.76. The van der Waals surface area contributed by atoms with Crippen LogP contribution in [0.4, 0.5) is 14.5 Å². The first-order chi connectivity index (χ1) is 8.02. The number of rotatable bonds is 3. The molecule has 4 nitrogen and oxygen atoms in total. The number of nitrogens with two attached hydrogens (primary N) is 1. The van der Waals surface area contributed by atoms with Gasteiger partial charge in [0.1, 0.15) is 0 Å². The predicted molar refractivity (Wildman–Crippen MR) is 64.4 cm³/mol. The quantitative estimate of drug-likeness (QED) is 0.328. The molecule has 17 heavy (non-hydrogen) atoms. The highest BCUT2D eigenvalue weighted by molar-refractivity contribution is 5.93. The second-order valence-electron chi connectivity index (χ2n) is 3.98. The van der Waals surface area contributed by atoms with E-state index >= 15 is 0 Å². The molecule has 0 aliphatic carbocycles. The Morgan fingerprint density at radius 2 is 2.06 bits per heavy atom. The fraction of sp³-hybridized carbons (Fsp3) is 0.364. The van der Waals surface area contributed by atoms with Gasteiger partial charge in [0.15, 0.2) is 11.6 Å². The van der Waals surface area contributed by atoms with Crippen LogP contribution in [0.25, 0.3) is 0 Å². The molecular formula is C11H16F2N4. The van der Waals surface area contributed by atoms with E-state index in [4.69, 9.17) is 5.84 Å². The molecule has 1 rings (SSSR count). The Bertz CT molecular complexity index is 404. The molecule has 0 bridgehead atoms. The second kappa shape index (κ2) is 6.15. The summed E-state index contributed by atoms with van der Waals surface area (Å²) in [6, 6.07) is 3.48. The Hall–Kier alpha value is -1.69. The third-order valence-corrected chi connectivity index (χ3v) is 1.93. The van der Waals surface area contributed by atoms with E-state index in [0.717, 1.165) is 12.1 Å². The van der Waals surface area contributed by atoms with E-state index in [-0.39, 0.29) is 0 Å². The molecule has 4 N–H and O–H groups in total. The summed E-state index contributed by atoms with van der Waals surface area (Å²) in [6.07, 6.45) is 0.